The van der Waals surface area contributed by atoms with Crippen LogP contribution in [0.15, 0.2) is 71.2 Å². The minimum absolute atomic E-state index is 0.0683. The number of carbonyl (C=O) groups excluding carboxylic acids is 3. The Morgan fingerprint density at radius 2 is 1.74 bits per heavy atom. The number of aromatic nitrogens is 1. The molecule has 9 N–H and O–H groups in total. The van der Waals surface area contributed by atoms with Crippen LogP contribution in [-0.2, 0) is 31.8 Å². The van der Waals surface area contributed by atoms with Crippen molar-refractivity contribution in [3.05, 3.63) is 82.3 Å². The fraction of sp³-hybridized carbons (Fsp3) is 0.296. The molecule has 2 atom stereocenters. The average Bonchev–Trinajstić information content (AvgIpc) is 3.48. The molecule has 0 aliphatic rings. The number of carbonyl (C=O) groups is 3. The maximum Gasteiger partial charge on any atom is 0.240 e. The Labute approximate surface area is 248 Å². The highest BCUT2D eigenvalue weighted by molar-refractivity contribution is 7.88. The van der Waals surface area contributed by atoms with Gasteiger partial charge in [0.05, 0.1) is 18.3 Å². The summed E-state index contributed by atoms with van der Waals surface area (Å²) < 4.78 is 28.1. The molecular weight excluding hydrogens is 580 g/mol. The van der Waals surface area contributed by atoms with Gasteiger partial charge in [-0.1, -0.05) is 42.5 Å². The predicted molar refractivity (Wildman–Crippen MR) is 162 cm³/mol. The number of guanidine groups is 1. The molecule has 0 aliphatic carbocycles. The Kier molecular flexibility index (Phi) is 12.0. The van der Waals surface area contributed by atoms with Gasteiger partial charge in [0, 0.05) is 30.2 Å². The minimum Gasteiger partial charge on any atom is -0.399 e. The van der Waals surface area contributed by atoms with Gasteiger partial charge in [-0.2, -0.15) is 0 Å². The average molecular weight is 615 g/mol. The van der Waals surface area contributed by atoms with E-state index in [4.69, 9.17) is 17.2 Å². The van der Waals surface area contributed by atoms with Crippen molar-refractivity contribution in [2.75, 3.05) is 18.8 Å². The maximum atomic E-state index is 13.1. The van der Waals surface area contributed by atoms with Crippen LogP contribution >= 0.6 is 11.3 Å². The van der Waals surface area contributed by atoms with Gasteiger partial charge >= 0.3 is 0 Å². The highest BCUT2D eigenvalue weighted by atomic mass is 32.2. The Morgan fingerprint density at radius 1 is 1.00 bits per heavy atom. The first-order valence-corrected chi connectivity index (χ1v) is 15.5. The lowest BCUT2D eigenvalue weighted by molar-refractivity contribution is -0.127. The molecule has 15 heteroatoms. The third kappa shape index (κ3) is 10.9. The van der Waals surface area contributed by atoms with Crippen LogP contribution < -0.4 is 32.6 Å². The minimum atomic E-state index is -3.92. The zero-order valence-corrected chi connectivity index (χ0v) is 24.4. The SMILES string of the molecule is NC(N)=NCCC[C@@H](NS(=O)(=O)Cc1ccccc1)C(=O)NCC(=O)N[C@@H](Cc1cccc(N)c1)C(=O)c1nccs1. The molecule has 224 valence electrons. The van der Waals surface area contributed by atoms with E-state index in [9.17, 15) is 22.8 Å². The number of nitrogens with one attached hydrogen (secondary N) is 3. The Balaban J connectivity index is 1.66. The largest absolute Gasteiger partial charge is 0.399 e. The van der Waals surface area contributed by atoms with Gasteiger partial charge in [0.15, 0.2) is 11.0 Å². The van der Waals surface area contributed by atoms with E-state index in [1.807, 2.05) is 0 Å². The van der Waals surface area contributed by atoms with Crippen LogP contribution in [0.25, 0.3) is 0 Å². The van der Waals surface area contributed by atoms with Gasteiger partial charge in [0.2, 0.25) is 27.6 Å². The van der Waals surface area contributed by atoms with Crippen LogP contribution in [0.2, 0.25) is 0 Å². The van der Waals surface area contributed by atoms with Crippen molar-refractivity contribution >= 4 is 50.6 Å². The van der Waals surface area contributed by atoms with Gasteiger partial charge in [0.25, 0.3) is 0 Å². The molecule has 2 amide bonds. The molecule has 1 heterocycles. The fourth-order valence-corrected chi connectivity index (χ4v) is 6.00. The lowest BCUT2D eigenvalue weighted by atomic mass is 10.0. The zero-order chi connectivity index (χ0) is 30.5. The molecule has 0 fully saturated rings. The number of sulfonamides is 1. The molecule has 0 bridgehead atoms. The molecular formula is C27H34N8O5S2. The number of hydrogen-bond acceptors (Lipinski definition) is 9. The Morgan fingerprint density at radius 3 is 2.40 bits per heavy atom. The third-order valence-electron chi connectivity index (χ3n) is 5.89. The second-order valence-electron chi connectivity index (χ2n) is 9.35. The highest BCUT2D eigenvalue weighted by Crippen LogP contribution is 2.14. The molecule has 1 aromatic heterocycles. The second kappa shape index (κ2) is 15.6. The summed E-state index contributed by atoms with van der Waals surface area (Å²) in [5, 5.41) is 6.99. The summed E-state index contributed by atoms with van der Waals surface area (Å²) in [5.41, 5.74) is 18.3. The molecule has 2 aromatic carbocycles. The van der Waals surface area contributed by atoms with Gasteiger partial charge in [-0.25, -0.2) is 18.1 Å². The molecule has 0 saturated heterocycles. The Hall–Kier alpha value is -4.34. The van der Waals surface area contributed by atoms with Gasteiger partial charge in [0.1, 0.15) is 6.04 Å². The number of rotatable bonds is 16. The number of amides is 2. The number of nitrogens with two attached hydrogens (primary N) is 3. The van der Waals surface area contributed by atoms with E-state index in [2.05, 4.69) is 25.3 Å². The second-order valence-corrected chi connectivity index (χ2v) is 12.0. The van der Waals surface area contributed by atoms with Crippen LogP contribution in [0.5, 0.6) is 0 Å². The molecule has 3 rings (SSSR count). The number of ketones is 1. The van der Waals surface area contributed by atoms with Crippen molar-refractivity contribution in [1.29, 1.82) is 0 Å². The van der Waals surface area contributed by atoms with Crippen LogP contribution in [-0.4, -0.2) is 62.1 Å². The summed E-state index contributed by atoms with van der Waals surface area (Å²) in [5.74, 6) is -2.22. The summed E-state index contributed by atoms with van der Waals surface area (Å²) in [7, 11) is -3.92. The van der Waals surface area contributed by atoms with Crippen molar-refractivity contribution in [2.24, 2.45) is 16.5 Å². The number of Topliss-reactive ketones (excluding diaryl/α,β-unsaturated/α-hetero) is 1. The van der Waals surface area contributed by atoms with Crippen molar-refractivity contribution in [3.63, 3.8) is 0 Å². The number of nitrogens with zero attached hydrogens (tertiary/aromatic N) is 2. The lowest BCUT2D eigenvalue weighted by Gasteiger charge is -2.20. The standard InChI is InChI=1S/C27H34N8O5S2/c28-20-9-4-8-19(14-20)15-22(24(37)26-31-12-13-41-26)34-23(36)16-33-25(38)21(10-5-11-32-27(29)30)35-42(39,40)17-18-6-2-1-3-7-18/h1-4,6-9,12-14,21-22,35H,5,10-11,15-17,28H2,(H,33,38)(H,34,36)(H4,29,30,32)/t21-,22+/m1/s1. The topological polar surface area (TPSA) is 225 Å². The highest BCUT2D eigenvalue weighted by Gasteiger charge is 2.27. The van der Waals surface area contributed by atoms with E-state index in [0.717, 1.165) is 16.9 Å². The number of benzene rings is 2. The quantitative estimate of drug-likeness (QED) is 0.0428. The molecule has 0 radical (unpaired) electrons. The van der Waals surface area contributed by atoms with E-state index in [1.54, 1.807) is 60.0 Å². The van der Waals surface area contributed by atoms with Crippen molar-refractivity contribution in [3.8, 4) is 0 Å². The van der Waals surface area contributed by atoms with Crippen LogP contribution in [0.1, 0.15) is 33.8 Å². The van der Waals surface area contributed by atoms with Crippen molar-refractivity contribution in [2.45, 2.75) is 37.1 Å². The van der Waals surface area contributed by atoms with Crippen LogP contribution in [0, 0.1) is 0 Å². The number of hydrogen-bond donors (Lipinski definition) is 6. The lowest BCUT2D eigenvalue weighted by Crippen LogP contribution is -2.51. The third-order valence-corrected chi connectivity index (χ3v) is 8.04. The van der Waals surface area contributed by atoms with E-state index in [-0.39, 0.29) is 36.1 Å². The van der Waals surface area contributed by atoms with E-state index in [0.29, 0.717) is 17.7 Å². The van der Waals surface area contributed by atoms with E-state index >= 15 is 0 Å². The summed E-state index contributed by atoms with van der Waals surface area (Å²) in [6.45, 7) is -0.320. The van der Waals surface area contributed by atoms with Gasteiger partial charge in [-0.05, 0) is 36.1 Å². The maximum absolute atomic E-state index is 13.1. The smallest absolute Gasteiger partial charge is 0.240 e. The molecule has 13 nitrogen and oxygen atoms in total. The van der Waals surface area contributed by atoms with Gasteiger partial charge < -0.3 is 27.8 Å². The summed E-state index contributed by atoms with van der Waals surface area (Å²) >= 11 is 1.14. The monoisotopic (exact) mass is 614 g/mol. The van der Waals surface area contributed by atoms with E-state index in [1.165, 1.54) is 6.20 Å². The number of thiazole rings is 1. The molecule has 42 heavy (non-hydrogen) atoms. The molecule has 0 unspecified atom stereocenters. The van der Waals surface area contributed by atoms with Crippen LogP contribution in [0.3, 0.4) is 0 Å². The molecule has 0 saturated carbocycles. The fourth-order valence-electron chi connectivity index (χ4n) is 3.99. The summed E-state index contributed by atoms with van der Waals surface area (Å²) in [6, 6.07) is 13.3. The van der Waals surface area contributed by atoms with Gasteiger partial charge in [-0.15, -0.1) is 11.3 Å². The first-order chi connectivity index (χ1) is 20.0. The van der Waals surface area contributed by atoms with Crippen molar-refractivity contribution < 1.29 is 22.8 Å². The number of anilines is 1. The number of nitrogen functional groups attached to an aromatic ring is 1. The molecule has 0 spiro atoms. The first kappa shape index (κ1) is 32.2. The van der Waals surface area contributed by atoms with Crippen molar-refractivity contribution in [1.82, 2.24) is 20.3 Å². The summed E-state index contributed by atoms with van der Waals surface area (Å²) in [4.78, 5) is 46.9. The number of aliphatic imine (C=N–C) groups is 1. The summed E-state index contributed by atoms with van der Waals surface area (Å²) in [6.07, 6.45) is 2.00. The molecule has 0 aliphatic heterocycles. The normalized spacial score (nSPS) is 12.6. The van der Waals surface area contributed by atoms with E-state index < -0.39 is 46.2 Å². The zero-order valence-electron chi connectivity index (χ0n) is 22.7. The Bertz CT molecular complexity index is 1480. The first-order valence-electron chi connectivity index (χ1n) is 13.0. The van der Waals surface area contributed by atoms with Crippen LogP contribution in [0.4, 0.5) is 5.69 Å². The van der Waals surface area contributed by atoms with Gasteiger partial charge in [-0.3, -0.25) is 19.4 Å². The molecule has 3 aromatic rings. The predicted octanol–water partition coefficient (Wildman–Crippen LogP) is 0.294.